The van der Waals surface area contributed by atoms with E-state index in [1.807, 2.05) is 0 Å². The summed E-state index contributed by atoms with van der Waals surface area (Å²) >= 11 is 0. The van der Waals surface area contributed by atoms with Crippen LogP contribution in [0.25, 0.3) is 0 Å². The fourth-order valence-electron chi connectivity index (χ4n) is 4.67. The Morgan fingerprint density at radius 1 is 0.725 bits per heavy atom. The third kappa shape index (κ3) is 6.11. The van der Waals surface area contributed by atoms with E-state index >= 15 is 0 Å². The van der Waals surface area contributed by atoms with Crippen molar-refractivity contribution in [3.8, 4) is 0 Å². The van der Waals surface area contributed by atoms with Gasteiger partial charge in [-0.2, -0.15) is 8.78 Å². The molecule has 208 valence electrons. The molecule has 1 atom stereocenters. The van der Waals surface area contributed by atoms with Crippen LogP contribution in [-0.4, -0.2) is 24.0 Å². The fourth-order valence-corrected chi connectivity index (χ4v) is 5.67. The predicted molar refractivity (Wildman–Crippen MR) is 146 cm³/mol. The second-order valence-corrected chi connectivity index (χ2v) is 12.7. The minimum Gasteiger partial charge on any atom is -0.320 e. The summed E-state index contributed by atoms with van der Waals surface area (Å²) in [6.07, 6.45) is 0.166. The van der Waals surface area contributed by atoms with Crippen LogP contribution in [0.4, 0.5) is 8.78 Å². The Morgan fingerprint density at radius 2 is 1.18 bits per heavy atom. The van der Waals surface area contributed by atoms with Crippen LogP contribution >= 0.6 is 7.60 Å². The van der Waals surface area contributed by atoms with Crippen LogP contribution in [0.1, 0.15) is 32.6 Å². The molecule has 0 aliphatic carbocycles. The van der Waals surface area contributed by atoms with Crippen molar-refractivity contribution in [3.05, 3.63) is 137 Å². The van der Waals surface area contributed by atoms with Crippen LogP contribution in [0.2, 0.25) is 0 Å². The van der Waals surface area contributed by atoms with Crippen molar-refractivity contribution in [3.63, 3.8) is 0 Å². The Kier molecular flexibility index (Phi) is 8.21. The predicted octanol–water partition coefficient (Wildman–Crippen LogP) is 5.17. The average Bonchev–Trinajstić information content (AvgIpc) is 2.92. The van der Waals surface area contributed by atoms with E-state index in [0.29, 0.717) is 22.3 Å². The van der Waals surface area contributed by atoms with E-state index in [-0.39, 0.29) is 23.5 Å². The number of hydrogen-bond acceptors (Lipinski definition) is 4. The van der Waals surface area contributed by atoms with Crippen molar-refractivity contribution in [2.75, 3.05) is 0 Å². The Morgan fingerprint density at radius 3 is 1.62 bits per heavy atom. The molecular weight excluding hydrogens is 559 g/mol. The number of ketones is 1. The Labute approximate surface area is 230 Å². The largest absolute Gasteiger partial charge is 0.399 e. The van der Waals surface area contributed by atoms with E-state index in [2.05, 4.69) is 0 Å². The number of nitrogens with two attached hydrogens (primary N) is 1. The minimum absolute atomic E-state index is 0.0451. The number of carbonyl (C=O) groups is 1. The lowest BCUT2D eigenvalue weighted by Crippen LogP contribution is -2.40. The minimum atomic E-state index is -5.75. The number of benzene rings is 4. The summed E-state index contributed by atoms with van der Waals surface area (Å²) in [4.78, 5) is 32.4. The third-order valence-corrected chi connectivity index (χ3v) is 8.65. The maximum absolute atomic E-state index is 14.3. The number of primary sulfonamides is 1. The highest BCUT2D eigenvalue weighted by molar-refractivity contribution is 7.89. The van der Waals surface area contributed by atoms with Crippen molar-refractivity contribution in [2.24, 2.45) is 5.14 Å². The van der Waals surface area contributed by atoms with Crippen LogP contribution in [-0.2, 0) is 38.5 Å². The molecule has 0 spiro atoms. The standard InChI is InChI=1S/C29H26F2NO6PS/c30-29(31,39(34,35)36)25-15-11-21(12-16-25)19-28(24-9-5-2-6-10-24,27(33)23-7-3-1-4-8-23)20-22-13-17-26(18-14-22)40(32,37)38/h1-18H,19-20H2,(H2,32,37,38)(H2,34,35,36). The van der Waals surface area contributed by atoms with Crippen molar-refractivity contribution in [1.29, 1.82) is 0 Å². The molecule has 0 heterocycles. The van der Waals surface area contributed by atoms with E-state index in [9.17, 15) is 26.6 Å². The highest BCUT2D eigenvalue weighted by Crippen LogP contribution is 2.59. The van der Waals surface area contributed by atoms with Crippen molar-refractivity contribution in [2.45, 2.75) is 28.8 Å². The molecule has 4 rings (SSSR count). The number of alkyl halides is 2. The summed E-state index contributed by atoms with van der Waals surface area (Å²) in [7, 11) is -9.69. The molecule has 4 aromatic rings. The summed E-state index contributed by atoms with van der Waals surface area (Å²) in [6.45, 7) is 0. The van der Waals surface area contributed by atoms with Crippen molar-refractivity contribution in [1.82, 2.24) is 0 Å². The number of sulfonamides is 1. The van der Waals surface area contributed by atoms with Gasteiger partial charge >= 0.3 is 13.3 Å². The summed E-state index contributed by atoms with van der Waals surface area (Å²) in [5, 5.41) is 5.24. The summed E-state index contributed by atoms with van der Waals surface area (Å²) in [5.74, 6) is -0.251. The van der Waals surface area contributed by atoms with Crippen LogP contribution in [0, 0.1) is 0 Å². The summed E-state index contributed by atoms with van der Waals surface area (Å²) in [5.41, 5.74) is -4.32. The Bertz CT molecular complexity index is 1640. The number of carbonyl (C=O) groups excluding carboxylic acids is 1. The monoisotopic (exact) mass is 585 g/mol. The van der Waals surface area contributed by atoms with Gasteiger partial charge in [0.05, 0.1) is 10.3 Å². The molecule has 11 heteroatoms. The first-order valence-electron chi connectivity index (χ1n) is 12.0. The lowest BCUT2D eigenvalue weighted by Gasteiger charge is -2.34. The van der Waals surface area contributed by atoms with Crippen LogP contribution in [0.15, 0.2) is 114 Å². The van der Waals surface area contributed by atoms with Gasteiger partial charge < -0.3 is 9.79 Å². The number of Topliss-reactive ketones (excluding diaryl/α,β-unsaturated/α-hetero) is 1. The maximum Gasteiger partial charge on any atom is 0.399 e. The van der Waals surface area contributed by atoms with Gasteiger partial charge in [0.2, 0.25) is 10.0 Å². The molecule has 0 bridgehead atoms. The van der Waals surface area contributed by atoms with Crippen LogP contribution in [0.5, 0.6) is 0 Å². The van der Waals surface area contributed by atoms with Gasteiger partial charge in [0.25, 0.3) is 0 Å². The quantitative estimate of drug-likeness (QED) is 0.174. The Balaban J connectivity index is 1.86. The van der Waals surface area contributed by atoms with E-state index in [1.54, 1.807) is 72.8 Å². The molecule has 0 radical (unpaired) electrons. The molecule has 0 fully saturated rings. The maximum atomic E-state index is 14.3. The van der Waals surface area contributed by atoms with Gasteiger partial charge in [-0.05, 0) is 41.7 Å². The van der Waals surface area contributed by atoms with Crippen molar-refractivity contribution >= 4 is 23.4 Å². The van der Waals surface area contributed by atoms with Gasteiger partial charge in [-0.15, -0.1) is 0 Å². The molecule has 4 aromatic carbocycles. The highest BCUT2D eigenvalue weighted by Gasteiger charge is 2.50. The van der Waals surface area contributed by atoms with Gasteiger partial charge in [0.1, 0.15) is 0 Å². The van der Waals surface area contributed by atoms with Crippen LogP contribution in [0.3, 0.4) is 0 Å². The number of halogens is 2. The molecule has 0 saturated heterocycles. The first kappa shape index (κ1) is 29.5. The van der Waals surface area contributed by atoms with Gasteiger partial charge in [-0.1, -0.05) is 97.1 Å². The van der Waals surface area contributed by atoms with Gasteiger partial charge in [0.15, 0.2) is 5.78 Å². The molecule has 1 unspecified atom stereocenters. The Hall–Kier alpha value is -3.53. The molecule has 0 aliphatic heterocycles. The summed E-state index contributed by atoms with van der Waals surface area (Å²) in [6, 6.07) is 27.9. The molecule has 4 N–H and O–H groups in total. The SMILES string of the molecule is NS(=O)(=O)c1ccc(CC(Cc2ccc(C(F)(F)P(=O)(O)O)cc2)(C(=O)c2ccccc2)c2ccccc2)cc1. The van der Waals surface area contributed by atoms with E-state index in [4.69, 9.17) is 14.9 Å². The lowest BCUT2D eigenvalue weighted by molar-refractivity contribution is 0.0564. The normalized spacial score (nSPS) is 13.9. The summed E-state index contributed by atoms with van der Waals surface area (Å²) < 4.78 is 63.4. The smallest absolute Gasteiger partial charge is 0.320 e. The zero-order valence-corrected chi connectivity index (χ0v) is 22.7. The fraction of sp³-hybridized carbons (Fsp3) is 0.138. The molecule has 0 aromatic heterocycles. The molecule has 0 saturated carbocycles. The zero-order chi connectivity index (χ0) is 29.2. The van der Waals surface area contributed by atoms with Crippen molar-refractivity contribution < 1.29 is 36.3 Å². The van der Waals surface area contributed by atoms with Crippen LogP contribution < -0.4 is 5.14 Å². The van der Waals surface area contributed by atoms with Gasteiger partial charge in [-0.3, -0.25) is 9.36 Å². The average molecular weight is 586 g/mol. The zero-order valence-electron chi connectivity index (χ0n) is 21.0. The molecule has 0 amide bonds. The molecule has 0 aliphatic rings. The van der Waals surface area contributed by atoms with E-state index in [0.717, 1.165) is 12.1 Å². The molecular formula is C29H26F2NO6PS. The second-order valence-electron chi connectivity index (χ2n) is 9.47. The first-order chi connectivity index (χ1) is 18.7. The second kappa shape index (κ2) is 11.2. The first-order valence-corrected chi connectivity index (χ1v) is 15.2. The topological polar surface area (TPSA) is 135 Å². The highest BCUT2D eigenvalue weighted by atomic mass is 32.2. The molecule has 7 nitrogen and oxygen atoms in total. The number of rotatable bonds is 10. The van der Waals surface area contributed by atoms with E-state index in [1.165, 1.54) is 24.3 Å². The number of hydrogen-bond donors (Lipinski definition) is 3. The van der Waals surface area contributed by atoms with E-state index < -0.39 is 34.3 Å². The third-order valence-electron chi connectivity index (χ3n) is 6.73. The van der Waals surface area contributed by atoms with Gasteiger partial charge in [0, 0.05) is 11.1 Å². The van der Waals surface area contributed by atoms with Gasteiger partial charge in [-0.25, -0.2) is 13.6 Å². The lowest BCUT2D eigenvalue weighted by atomic mass is 9.67. The molecule has 40 heavy (non-hydrogen) atoms.